The third-order valence-electron chi connectivity index (χ3n) is 4.00. The number of carbonyl (C=O) groups excluding carboxylic acids is 2. The summed E-state index contributed by atoms with van der Waals surface area (Å²) in [5, 5.41) is 2.41. The second-order valence-electron chi connectivity index (χ2n) is 5.25. The van der Waals surface area contributed by atoms with E-state index in [1.165, 1.54) is 0 Å². The first-order valence-corrected chi connectivity index (χ1v) is 7.66. The van der Waals surface area contributed by atoms with Crippen LogP contribution >= 0.6 is 0 Å². The van der Waals surface area contributed by atoms with Gasteiger partial charge in [0.25, 0.3) is 0 Å². The highest BCUT2D eigenvalue weighted by molar-refractivity contribution is 6.03. The Morgan fingerprint density at radius 3 is 2.59 bits per heavy atom. The number of aryl methyl sites for hydroxylation is 1. The summed E-state index contributed by atoms with van der Waals surface area (Å²) >= 11 is 0. The van der Waals surface area contributed by atoms with Crippen molar-refractivity contribution in [2.75, 3.05) is 16.8 Å². The molecule has 0 radical (unpaired) electrons. The number of piperidine rings is 1. The molecule has 1 saturated heterocycles. The first-order valence-electron chi connectivity index (χ1n) is 7.66. The Labute approximate surface area is 131 Å². The van der Waals surface area contributed by atoms with Crippen LogP contribution < -0.4 is 15.1 Å². The van der Waals surface area contributed by atoms with Crippen LogP contribution in [0, 0.1) is 6.92 Å². The second-order valence-corrected chi connectivity index (χ2v) is 5.25. The Hall–Kier alpha value is -2.30. The fraction of sp³-hybridized carbons (Fsp3) is 0.412. The van der Waals surface area contributed by atoms with Gasteiger partial charge in [-0.3, -0.25) is 14.9 Å². The minimum absolute atomic E-state index is 0.200. The number of benzene rings is 1. The first kappa shape index (κ1) is 16.1. The van der Waals surface area contributed by atoms with E-state index in [-0.39, 0.29) is 17.9 Å². The molecular formula is C17H23N3O2. The van der Waals surface area contributed by atoms with E-state index < -0.39 is 0 Å². The first-order chi connectivity index (χ1) is 10.5. The minimum Gasteiger partial charge on any atom is -0.329 e. The fourth-order valence-electron chi connectivity index (χ4n) is 2.98. The van der Waals surface area contributed by atoms with Gasteiger partial charge in [0.05, 0.1) is 11.4 Å². The lowest BCUT2D eigenvalue weighted by Crippen LogP contribution is -2.52. The molecule has 0 saturated carbocycles. The Bertz CT molecular complexity index is 624. The molecular weight excluding hydrogens is 278 g/mol. The molecule has 1 unspecified atom stereocenters. The van der Waals surface area contributed by atoms with Crippen molar-refractivity contribution in [3.8, 4) is 0 Å². The largest absolute Gasteiger partial charge is 0.329 e. The SMILES string of the molecule is C=C1N(C)c2c(C)cccc2N1C1CCC(=O)NC1=O.CC. The highest BCUT2D eigenvalue weighted by Gasteiger charge is 2.39. The van der Waals surface area contributed by atoms with Crippen LogP contribution in [0.4, 0.5) is 11.4 Å². The molecule has 0 aromatic heterocycles. The smallest absolute Gasteiger partial charge is 0.249 e. The van der Waals surface area contributed by atoms with Crippen LogP contribution in [0.3, 0.4) is 0 Å². The Balaban J connectivity index is 0.000000847. The number of amides is 2. The number of imide groups is 1. The lowest BCUT2D eigenvalue weighted by molar-refractivity contribution is -0.134. The molecule has 1 aromatic rings. The normalized spacial score (nSPS) is 20.4. The zero-order chi connectivity index (χ0) is 16.4. The van der Waals surface area contributed by atoms with Gasteiger partial charge in [-0.15, -0.1) is 0 Å². The number of nitrogens with one attached hydrogen (secondary N) is 1. The summed E-state index contributed by atoms with van der Waals surface area (Å²) in [7, 11) is 1.94. The van der Waals surface area contributed by atoms with E-state index in [1.54, 1.807) is 0 Å². The van der Waals surface area contributed by atoms with Crippen molar-refractivity contribution in [2.45, 2.75) is 39.7 Å². The molecule has 3 rings (SSSR count). The summed E-state index contributed by atoms with van der Waals surface area (Å²) in [5.74, 6) is 0.322. The van der Waals surface area contributed by atoms with Crippen LogP contribution in [-0.2, 0) is 9.59 Å². The number of hydrogen-bond acceptors (Lipinski definition) is 4. The van der Waals surface area contributed by atoms with Crippen molar-refractivity contribution in [1.82, 2.24) is 5.32 Å². The zero-order valence-electron chi connectivity index (χ0n) is 13.6. The van der Waals surface area contributed by atoms with Crippen LogP contribution in [0.15, 0.2) is 30.6 Å². The molecule has 2 aliphatic heterocycles. The molecule has 22 heavy (non-hydrogen) atoms. The zero-order valence-corrected chi connectivity index (χ0v) is 13.6. The van der Waals surface area contributed by atoms with Gasteiger partial charge in [-0.25, -0.2) is 0 Å². The number of rotatable bonds is 1. The summed E-state index contributed by atoms with van der Waals surface area (Å²) in [6, 6.07) is 5.63. The van der Waals surface area contributed by atoms with Gasteiger partial charge in [0.2, 0.25) is 11.8 Å². The van der Waals surface area contributed by atoms with Gasteiger partial charge in [0.15, 0.2) is 0 Å². The second kappa shape index (κ2) is 6.22. The van der Waals surface area contributed by atoms with Gasteiger partial charge in [-0.2, -0.15) is 0 Å². The number of fused-ring (bicyclic) bond motifs is 1. The molecule has 5 heteroatoms. The summed E-state index contributed by atoms with van der Waals surface area (Å²) < 4.78 is 0. The molecule has 0 bridgehead atoms. The highest BCUT2D eigenvalue weighted by atomic mass is 16.2. The average molecular weight is 301 g/mol. The van der Waals surface area contributed by atoms with E-state index in [0.29, 0.717) is 12.8 Å². The highest BCUT2D eigenvalue weighted by Crippen LogP contribution is 2.44. The topological polar surface area (TPSA) is 52.6 Å². The molecule has 1 N–H and O–H groups in total. The van der Waals surface area contributed by atoms with Crippen molar-refractivity contribution < 1.29 is 9.59 Å². The molecule has 5 nitrogen and oxygen atoms in total. The Kier molecular flexibility index (Phi) is 4.54. The number of para-hydroxylation sites is 1. The lowest BCUT2D eigenvalue weighted by Gasteiger charge is -2.32. The molecule has 2 aliphatic rings. The average Bonchev–Trinajstić information content (AvgIpc) is 2.75. The van der Waals surface area contributed by atoms with E-state index in [1.807, 2.05) is 55.8 Å². The molecule has 1 atom stereocenters. The summed E-state index contributed by atoms with van der Waals surface area (Å²) in [5.41, 5.74) is 3.19. The van der Waals surface area contributed by atoms with Crippen LogP contribution in [0.1, 0.15) is 32.3 Å². The van der Waals surface area contributed by atoms with Gasteiger partial charge in [0.1, 0.15) is 11.9 Å². The summed E-state index contributed by atoms with van der Waals surface area (Å²) in [6.45, 7) is 10.1. The maximum absolute atomic E-state index is 12.1. The van der Waals surface area contributed by atoms with Crippen molar-refractivity contribution in [3.05, 3.63) is 36.2 Å². The summed E-state index contributed by atoms with van der Waals surface area (Å²) in [4.78, 5) is 27.3. The van der Waals surface area contributed by atoms with Gasteiger partial charge < -0.3 is 9.80 Å². The van der Waals surface area contributed by atoms with Gasteiger partial charge in [0, 0.05) is 13.5 Å². The standard InChI is InChI=1S/C15H17N3O2.C2H6/c1-9-5-4-6-11-14(9)17(3)10(2)18(11)12-7-8-13(19)16-15(12)20;1-2/h4-6,12H,2,7-8H2,1,3H3,(H,16,19,20);1-2H3. The van der Waals surface area contributed by atoms with E-state index in [9.17, 15) is 9.59 Å². The Morgan fingerprint density at radius 2 is 1.95 bits per heavy atom. The number of carbonyl (C=O) groups is 2. The molecule has 0 spiro atoms. The Morgan fingerprint density at radius 1 is 1.27 bits per heavy atom. The summed E-state index contributed by atoms with van der Waals surface area (Å²) in [6.07, 6.45) is 0.885. The van der Waals surface area contributed by atoms with Crippen LogP contribution in [-0.4, -0.2) is 24.9 Å². The predicted molar refractivity (Wildman–Crippen MR) is 88.7 cm³/mol. The van der Waals surface area contributed by atoms with Gasteiger partial charge >= 0.3 is 0 Å². The van der Waals surface area contributed by atoms with Crippen molar-refractivity contribution in [2.24, 2.45) is 0 Å². The number of hydrogen-bond donors (Lipinski definition) is 1. The molecule has 1 aromatic carbocycles. The predicted octanol–water partition coefficient (Wildman–Crippen LogP) is 2.55. The molecule has 118 valence electrons. The third-order valence-corrected chi connectivity index (χ3v) is 4.00. The van der Waals surface area contributed by atoms with Gasteiger partial charge in [-0.1, -0.05) is 32.6 Å². The van der Waals surface area contributed by atoms with Gasteiger partial charge in [-0.05, 0) is 25.0 Å². The van der Waals surface area contributed by atoms with E-state index in [2.05, 4.69) is 11.9 Å². The lowest BCUT2D eigenvalue weighted by atomic mass is 10.0. The van der Waals surface area contributed by atoms with E-state index >= 15 is 0 Å². The fourth-order valence-corrected chi connectivity index (χ4v) is 2.98. The van der Waals surface area contributed by atoms with Crippen molar-refractivity contribution in [3.63, 3.8) is 0 Å². The molecule has 0 aliphatic carbocycles. The van der Waals surface area contributed by atoms with Crippen LogP contribution in [0.2, 0.25) is 0 Å². The quantitative estimate of drug-likeness (QED) is 0.810. The molecule has 2 heterocycles. The number of nitrogens with zero attached hydrogens (tertiary/aromatic N) is 2. The van der Waals surface area contributed by atoms with Crippen LogP contribution in [0.5, 0.6) is 0 Å². The third kappa shape index (κ3) is 2.47. The number of anilines is 2. The van der Waals surface area contributed by atoms with Crippen molar-refractivity contribution in [1.29, 1.82) is 0 Å². The minimum atomic E-state index is -0.370. The monoisotopic (exact) mass is 301 g/mol. The van der Waals surface area contributed by atoms with Crippen LogP contribution in [0.25, 0.3) is 0 Å². The molecule has 2 amide bonds. The molecule has 1 fully saturated rings. The van der Waals surface area contributed by atoms with E-state index in [4.69, 9.17) is 0 Å². The maximum atomic E-state index is 12.1. The maximum Gasteiger partial charge on any atom is 0.249 e. The van der Waals surface area contributed by atoms with E-state index in [0.717, 1.165) is 22.8 Å². The van der Waals surface area contributed by atoms with Crippen molar-refractivity contribution >= 4 is 23.2 Å².